The Morgan fingerprint density at radius 3 is 2.62 bits per heavy atom. The van der Waals surface area contributed by atoms with E-state index in [1.165, 1.54) is 42.6 Å². The topological polar surface area (TPSA) is 33.4 Å². The van der Waals surface area contributed by atoms with Crippen LogP contribution in [0.1, 0.15) is 42.8 Å². The lowest BCUT2D eigenvalue weighted by Gasteiger charge is -2.24. The molecule has 1 aromatic carbocycles. The molecule has 0 bridgehead atoms. The molecule has 0 saturated carbocycles. The number of nitrogens with zero attached hydrogens (tertiary/aromatic N) is 4. The van der Waals surface area contributed by atoms with E-state index in [-0.39, 0.29) is 0 Å². The van der Waals surface area contributed by atoms with E-state index in [0.29, 0.717) is 6.04 Å². The van der Waals surface area contributed by atoms with Crippen LogP contribution >= 0.6 is 0 Å². The standard InChI is InChI=1S/C20H24N4/c1-14-11-19(13-24-20(14)21-16(3)22-24)18-8-6-7-17(12-18)15(2)23-9-4-5-10-23/h6-8,11-13,15H,4-5,9-10H2,1-3H3/t15-/m0/s1. The van der Waals surface area contributed by atoms with Crippen molar-refractivity contribution < 1.29 is 0 Å². The van der Waals surface area contributed by atoms with E-state index < -0.39 is 0 Å². The average molecular weight is 320 g/mol. The highest BCUT2D eigenvalue weighted by Crippen LogP contribution is 2.29. The zero-order valence-corrected chi connectivity index (χ0v) is 14.7. The van der Waals surface area contributed by atoms with Crippen molar-refractivity contribution in [2.24, 2.45) is 0 Å². The second kappa shape index (κ2) is 6.02. The Hall–Kier alpha value is -2.20. The molecule has 0 aliphatic carbocycles. The largest absolute Gasteiger partial charge is 0.297 e. The summed E-state index contributed by atoms with van der Waals surface area (Å²) in [5, 5.41) is 4.48. The average Bonchev–Trinajstić information content (AvgIpc) is 3.23. The third-order valence-electron chi connectivity index (χ3n) is 5.11. The van der Waals surface area contributed by atoms with Crippen molar-refractivity contribution in [3.63, 3.8) is 0 Å². The van der Waals surface area contributed by atoms with Gasteiger partial charge >= 0.3 is 0 Å². The Kier molecular flexibility index (Phi) is 3.85. The van der Waals surface area contributed by atoms with E-state index in [1.54, 1.807) is 0 Å². The maximum absolute atomic E-state index is 4.49. The molecule has 4 heteroatoms. The molecule has 3 heterocycles. The van der Waals surface area contributed by atoms with Gasteiger partial charge in [0, 0.05) is 17.8 Å². The first-order valence-corrected chi connectivity index (χ1v) is 8.80. The minimum atomic E-state index is 0.478. The Morgan fingerprint density at radius 2 is 1.83 bits per heavy atom. The van der Waals surface area contributed by atoms with Crippen molar-refractivity contribution in [2.75, 3.05) is 13.1 Å². The van der Waals surface area contributed by atoms with Crippen molar-refractivity contribution in [1.82, 2.24) is 19.5 Å². The van der Waals surface area contributed by atoms with Crippen molar-refractivity contribution in [3.05, 3.63) is 53.5 Å². The Morgan fingerprint density at radius 1 is 1.04 bits per heavy atom. The maximum atomic E-state index is 4.49. The van der Waals surface area contributed by atoms with Gasteiger partial charge in [-0.25, -0.2) is 9.50 Å². The molecule has 1 atom stereocenters. The smallest absolute Gasteiger partial charge is 0.158 e. The number of hydrogen-bond acceptors (Lipinski definition) is 3. The summed E-state index contributed by atoms with van der Waals surface area (Å²) in [5.41, 5.74) is 5.93. The van der Waals surface area contributed by atoms with E-state index in [4.69, 9.17) is 0 Å². The van der Waals surface area contributed by atoms with Crippen molar-refractivity contribution in [3.8, 4) is 11.1 Å². The predicted octanol–water partition coefficient (Wildman–Crippen LogP) is 4.17. The second-order valence-electron chi connectivity index (χ2n) is 6.88. The number of aromatic nitrogens is 3. The monoisotopic (exact) mass is 320 g/mol. The predicted molar refractivity (Wildman–Crippen MR) is 97.1 cm³/mol. The molecule has 2 aromatic heterocycles. The van der Waals surface area contributed by atoms with Gasteiger partial charge in [0.25, 0.3) is 0 Å². The van der Waals surface area contributed by atoms with Crippen molar-refractivity contribution >= 4 is 5.65 Å². The summed E-state index contributed by atoms with van der Waals surface area (Å²) in [4.78, 5) is 7.07. The molecule has 0 spiro atoms. The summed E-state index contributed by atoms with van der Waals surface area (Å²) in [6.45, 7) is 8.79. The third kappa shape index (κ3) is 2.71. The lowest BCUT2D eigenvalue weighted by Crippen LogP contribution is -2.23. The highest BCUT2D eigenvalue weighted by molar-refractivity contribution is 5.67. The molecule has 1 aliphatic rings. The van der Waals surface area contributed by atoms with Gasteiger partial charge in [0.15, 0.2) is 5.65 Å². The maximum Gasteiger partial charge on any atom is 0.158 e. The summed E-state index contributed by atoms with van der Waals surface area (Å²) in [6.07, 6.45) is 4.74. The van der Waals surface area contributed by atoms with Gasteiger partial charge in [0.1, 0.15) is 5.82 Å². The molecule has 3 aromatic rings. The molecule has 4 nitrogen and oxygen atoms in total. The van der Waals surface area contributed by atoms with E-state index in [1.807, 2.05) is 11.4 Å². The van der Waals surface area contributed by atoms with Crippen LogP contribution < -0.4 is 0 Å². The van der Waals surface area contributed by atoms with Crippen molar-refractivity contribution in [1.29, 1.82) is 0 Å². The van der Waals surface area contributed by atoms with Crippen LogP contribution in [0.25, 0.3) is 16.8 Å². The molecule has 0 N–H and O–H groups in total. The lowest BCUT2D eigenvalue weighted by atomic mass is 10.00. The van der Waals surface area contributed by atoms with Gasteiger partial charge < -0.3 is 0 Å². The minimum Gasteiger partial charge on any atom is -0.297 e. The zero-order valence-electron chi connectivity index (χ0n) is 14.7. The lowest BCUT2D eigenvalue weighted by molar-refractivity contribution is 0.263. The van der Waals surface area contributed by atoms with E-state index in [2.05, 4.69) is 65.4 Å². The summed E-state index contributed by atoms with van der Waals surface area (Å²) in [6, 6.07) is 11.6. The van der Waals surface area contributed by atoms with Gasteiger partial charge in [0.2, 0.25) is 0 Å². The Balaban J connectivity index is 1.72. The van der Waals surface area contributed by atoms with Gasteiger partial charge in [0.05, 0.1) is 0 Å². The molecule has 1 aliphatic heterocycles. The number of rotatable bonds is 3. The zero-order chi connectivity index (χ0) is 16.7. The molecule has 4 rings (SSSR count). The summed E-state index contributed by atoms with van der Waals surface area (Å²) >= 11 is 0. The van der Waals surface area contributed by atoms with Crippen LogP contribution in [-0.2, 0) is 0 Å². The van der Waals surface area contributed by atoms with Gasteiger partial charge in [-0.2, -0.15) is 5.10 Å². The van der Waals surface area contributed by atoms with Crippen LogP contribution in [0, 0.1) is 13.8 Å². The fourth-order valence-electron chi connectivity index (χ4n) is 3.73. The van der Waals surface area contributed by atoms with E-state index in [9.17, 15) is 0 Å². The van der Waals surface area contributed by atoms with Crippen LogP contribution in [0.3, 0.4) is 0 Å². The van der Waals surface area contributed by atoms with E-state index in [0.717, 1.165) is 17.0 Å². The van der Waals surface area contributed by atoms with Gasteiger partial charge in [-0.1, -0.05) is 18.2 Å². The summed E-state index contributed by atoms with van der Waals surface area (Å²) < 4.78 is 1.90. The van der Waals surface area contributed by atoms with Gasteiger partial charge in [-0.3, -0.25) is 4.90 Å². The molecule has 0 amide bonds. The first-order valence-electron chi connectivity index (χ1n) is 8.80. The molecule has 1 saturated heterocycles. The van der Waals surface area contributed by atoms with E-state index >= 15 is 0 Å². The number of aryl methyl sites for hydroxylation is 2. The second-order valence-corrected chi connectivity index (χ2v) is 6.88. The summed E-state index contributed by atoms with van der Waals surface area (Å²) in [5.74, 6) is 0.812. The van der Waals surface area contributed by atoms with Crippen LogP contribution in [0.15, 0.2) is 36.5 Å². The number of hydrogen-bond donors (Lipinski definition) is 0. The number of benzene rings is 1. The van der Waals surface area contributed by atoms with Gasteiger partial charge in [-0.15, -0.1) is 0 Å². The van der Waals surface area contributed by atoms with Crippen LogP contribution in [-0.4, -0.2) is 32.6 Å². The number of pyridine rings is 1. The summed E-state index contributed by atoms with van der Waals surface area (Å²) in [7, 11) is 0. The molecule has 24 heavy (non-hydrogen) atoms. The molecule has 0 unspecified atom stereocenters. The third-order valence-corrected chi connectivity index (χ3v) is 5.11. The fraction of sp³-hybridized carbons (Fsp3) is 0.400. The Bertz CT molecular complexity index is 874. The highest BCUT2D eigenvalue weighted by Gasteiger charge is 2.19. The van der Waals surface area contributed by atoms with Gasteiger partial charge in [-0.05, 0) is 75.5 Å². The minimum absolute atomic E-state index is 0.478. The van der Waals surface area contributed by atoms with Crippen LogP contribution in [0.2, 0.25) is 0 Å². The number of likely N-dealkylation sites (tertiary alicyclic amines) is 1. The number of fused-ring (bicyclic) bond motifs is 1. The normalized spacial score (nSPS) is 16.8. The SMILES string of the molecule is Cc1nc2c(C)cc(-c3cccc([C@H](C)N4CCCC4)c3)cn2n1. The van der Waals surface area contributed by atoms with Crippen LogP contribution in [0.4, 0.5) is 0 Å². The highest BCUT2D eigenvalue weighted by atomic mass is 15.3. The first kappa shape index (κ1) is 15.3. The molecular weight excluding hydrogens is 296 g/mol. The molecular formula is C20H24N4. The fourth-order valence-corrected chi connectivity index (χ4v) is 3.73. The quantitative estimate of drug-likeness (QED) is 0.726. The molecule has 124 valence electrons. The first-order chi connectivity index (χ1) is 11.6. The van der Waals surface area contributed by atoms with Crippen LogP contribution in [0.5, 0.6) is 0 Å². The Labute approximate surface area is 143 Å². The van der Waals surface area contributed by atoms with Crippen molar-refractivity contribution in [2.45, 2.75) is 39.7 Å². The molecule has 1 fully saturated rings. The molecule has 0 radical (unpaired) electrons.